The number of methoxy groups -OCH3 is 1. The molecule has 7 nitrogen and oxygen atoms in total. The molecule has 3 aromatic rings. The highest BCUT2D eigenvalue weighted by Gasteiger charge is 2.31. The van der Waals surface area contributed by atoms with E-state index >= 15 is 0 Å². The Morgan fingerprint density at radius 2 is 1.66 bits per heavy atom. The smallest absolute Gasteiger partial charge is 0.256 e. The average Bonchev–Trinajstić information content (AvgIpc) is 3.09. The molecule has 0 saturated carbocycles. The van der Waals surface area contributed by atoms with Crippen LogP contribution in [0.15, 0.2) is 53.4 Å². The molecule has 0 aliphatic carbocycles. The third-order valence-electron chi connectivity index (χ3n) is 5.33. The van der Waals surface area contributed by atoms with Crippen LogP contribution in [0.3, 0.4) is 0 Å². The molecule has 1 aromatic heterocycles. The molecule has 0 bridgehead atoms. The number of nitrogens with zero attached hydrogens (tertiary/aromatic N) is 2. The normalized spacial score (nSPS) is 15.6. The number of aryl methyl sites for hydroxylation is 1. The third kappa shape index (κ3) is 3.49. The van der Waals surface area contributed by atoms with E-state index in [0.29, 0.717) is 24.4 Å². The van der Waals surface area contributed by atoms with Crippen LogP contribution in [-0.4, -0.2) is 61.8 Å². The lowest BCUT2D eigenvalue weighted by molar-refractivity contribution is 0.0699. The van der Waals surface area contributed by atoms with E-state index in [1.807, 2.05) is 31.2 Å². The van der Waals surface area contributed by atoms with E-state index in [1.54, 1.807) is 29.2 Å². The van der Waals surface area contributed by atoms with Crippen molar-refractivity contribution >= 4 is 26.8 Å². The molecule has 2 aromatic carbocycles. The van der Waals surface area contributed by atoms with E-state index in [1.165, 1.54) is 11.4 Å². The highest BCUT2D eigenvalue weighted by Crippen LogP contribution is 2.25. The van der Waals surface area contributed by atoms with Gasteiger partial charge >= 0.3 is 0 Å². The predicted octanol–water partition coefficient (Wildman–Crippen LogP) is 2.63. The van der Waals surface area contributed by atoms with Crippen molar-refractivity contribution < 1.29 is 17.9 Å². The van der Waals surface area contributed by atoms with Crippen LogP contribution >= 0.6 is 0 Å². The van der Waals surface area contributed by atoms with Gasteiger partial charge in [0.15, 0.2) is 0 Å². The molecule has 0 unspecified atom stereocenters. The number of amides is 1. The minimum Gasteiger partial charge on any atom is -0.497 e. The van der Waals surface area contributed by atoms with Crippen molar-refractivity contribution in [2.75, 3.05) is 33.3 Å². The summed E-state index contributed by atoms with van der Waals surface area (Å²) in [5, 5.41) is 0.892. The summed E-state index contributed by atoms with van der Waals surface area (Å²) in [5.41, 5.74) is 2.41. The van der Waals surface area contributed by atoms with Crippen molar-refractivity contribution in [2.24, 2.45) is 0 Å². The minimum absolute atomic E-state index is 0.0681. The molecule has 1 aliphatic rings. The Morgan fingerprint density at radius 1 is 1.00 bits per heavy atom. The standard InChI is InChI=1S/C21H23N3O4S/c1-15-20(18-5-3-4-6-19(18)22-15)21(25)23-11-13-24(14-12-23)29(26,27)17-9-7-16(28-2)8-10-17/h3-10,22H,11-14H2,1-2H3. The summed E-state index contributed by atoms with van der Waals surface area (Å²) in [6, 6.07) is 14.1. The van der Waals surface area contributed by atoms with Crippen molar-refractivity contribution in [3.63, 3.8) is 0 Å². The van der Waals surface area contributed by atoms with Crippen molar-refractivity contribution in [2.45, 2.75) is 11.8 Å². The topological polar surface area (TPSA) is 82.7 Å². The second-order valence-electron chi connectivity index (χ2n) is 7.04. The van der Waals surface area contributed by atoms with Gasteiger partial charge in [0.1, 0.15) is 5.75 Å². The van der Waals surface area contributed by atoms with Crippen LogP contribution in [0, 0.1) is 6.92 Å². The SMILES string of the molecule is COc1ccc(S(=O)(=O)N2CCN(C(=O)c3c(C)[nH]c4ccccc34)CC2)cc1. The number of hydrogen-bond acceptors (Lipinski definition) is 4. The lowest BCUT2D eigenvalue weighted by Crippen LogP contribution is -2.50. The number of carbonyl (C=O) groups excluding carboxylic acids is 1. The number of H-pyrrole nitrogens is 1. The lowest BCUT2D eigenvalue weighted by atomic mass is 10.1. The lowest BCUT2D eigenvalue weighted by Gasteiger charge is -2.34. The summed E-state index contributed by atoms with van der Waals surface area (Å²) in [5.74, 6) is 0.537. The fraction of sp³-hybridized carbons (Fsp3) is 0.286. The first kappa shape index (κ1) is 19.5. The molecule has 0 spiro atoms. The number of aromatic nitrogens is 1. The van der Waals surface area contributed by atoms with E-state index in [9.17, 15) is 13.2 Å². The Hall–Kier alpha value is -2.84. The summed E-state index contributed by atoms with van der Waals surface area (Å²) in [6.07, 6.45) is 0. The molecular weight excluding hydrogens is 390 g/mol. The molecule has 0 atom stereocenters. The van der Waals surface area contributed by atoms with Crippen LogP contribution in [0.25, 0.3) is 10.9 Å². The fourth-order valence-electron chi connectivity index (χ4n) is 3.74. The molecule has 4 rings (SSSR count). The molecule has 29 heavy (non-hydrogen) atoms. The highest BCUT2D eigenvalue weighted by atomic mass is 32.2. The van der Waals surface area contributed by atoms with Crippen molar-refractivity contribution in [1.29, 1.82) is 0 Å². The Labute approximate surface area is 169 Å². The number of fused-ring (bicyclic) bond motifs is 1. The maximum atomic E-state index is 13.1. The van der Waals surface area contributed by atoms with Crippen LogP contribution in [-0.2, 0) is 10.0 Å². The number of benzene rings is 2. The van der Waals surface area contributed by atoms with Crippen LogP contribution in [0.4, 0.5) is 0 Å². The quantitative estimate of drug-likeness (QED) is 0.713. The van der Waals surface area contributed by atoms with Crippen molar-refractivity contribution in [1.82, 2.24) is 14.2 Å². The molecular formula is C21H23N3O4S. The van der Waals surface area contributed by atoms with Gasteiger partial charge in [-0.1, -0.05) is 18.2 Å². The summed E-state index contributed by atoms with van der Waals surface area (Å²) < 4.78 is 32.3. The van der Waals surface area contributed by atoms with E-state index in [2.05, 4.69) is 4.98 Å². The van der Waals surface area contributed by atoms with Gasteiger partial charge < -0.3 is 14.6 Å². The number of carbonyl (C=O) groups is 1. The number of ether oxygens (including phenoxy) is 1. The largest absolute Gasteiger partial charge is 0.497 e. The first-order valence-corrected chi connectivity index (χ1v) is 10.9. The van der Waals surface area contributed by atoms with Gasteiger partial charge in [-0.15, -0.1) is 0 Å². The summed E-state index contributed by atoms with van der Waals surface area (Å²) in [7, 11) is -2.06. The monoisotopic (exact) mass is 413 g/mol. The molecule has 1 N–H and O–H groups in total. The predicted molar refractivity (Wildman–Crippen MR) is 111 cm³/mol. The molecule has 0 radical (unpaired) electrons. The van der Waals surface area contributed by atoms with Crippen LogP contribution in [0.2, 0.25) is 0 Å². The Bertz CT molecular complexity index is 1140. The zero-order valence-electron chi connectivity index (χ0n) is 16.4. The number of aromatic amines is 1. The third-order valence-corrected chi connectivity index (χ3v) is 7.24. The Balaban J connectivity index is 1.50. The maximum absolute atomic E-state index is 13.1. The van der Waals surface area contributed by atoms with Gasteiger partial charge in [-0.2, -0.15) is 4.31 Å². The van der Waals surface area contributed by atoms with E-state index in [0.717, 1.165) is 16.6 Å². The molecule has 2 heterocycles. The van der Waals surface area contributed by atoms with Gasteiger partial charge in [0.2, 0.25) is 10.0 Å². The number of rotatable bonds is 4. The van der Waals surface area contributed by atoms with Gasteiger partial charge in [-0.3, -0.25) is 4.79 Å². The molecule has 1 saturated heterocycles. The minimum atomic E-state index is -3.60. The number of nitrogens with one attached hydrogen (secondary N) is 1. The van der Waals surface area contributed by atoms with Gasteiger partial charge in [-0.25, -0.2) is 8.42 Å². The van der Waals surface area contributed by atoms with Gasteiger partial charge in [0.05, 0.1) is 17.6 Å². The van der Waals surface area contributed by atoms with Crippen LogP contribution < -0.4 is 4.74 Å². The zero-order chi connectivity index (χ0) is 20.6. The average molecular weight is 413 g/mol. The van der Waals surface area contributed by atoms with Gasteiger partial charge in [0.25, 0.3) is 5.91 Å². The van der Waals surface area contributed by atoms with Crippen LogP contribution in [0.1, 0.15) is 16.1 Å². The van der Waals surface area contributed by atoms with Crippen molar-refractivity contribution in [3.8, 4) is 5.75 Å². The molecule has 1 fully saturated rings. The van der Waals surface area contributed by atoms with E-state index in [4.69, 9.17) is 4.74 Å². The summed E-state index contributed by atoms with van der Waals surface area (Å²) in [6.45, 7) is 3.13. The Morgan fingerprint density at radius 3 is 2.31 bits per heavy atom. The highest BCUT2D eigenvalue weighted by molar-refractivity contribution is 7.89. The summed E-state index contributed by atoms with van der Waals surface area (Å²) >= 11 is 0. The molecule has 1 aliphatic heterocycles. The second kappa shape index (κ2) is 7.53. The van der Waals surface area contributed by atoms with E-state index < -0.39 is 10.0 Å². The van der Waals surface area contributed by atoms with Crippen molar-refractivity contribution in [3.05, 3.63) is 59.8 Å². The molecule has 8 heteroatoms. The first-order valence-electron chi connectivity index (χ1n) is 9.42. The number of hydrogen-bond donors (Lipinski definition) is 1. The fourth-order valence-corrected chi connectivity index (χ4v) is 5.16. The van der Waals surface area contributed by atoms with Gasteiger partial charge in [0, 0.05) is 42.8 Å². The Kier molecular flexibility index (Phi) is 5.06. The first-order chi connectivity index (χ1) is 13.9. The second-order valence-corrected chi connectivity index (χ2v) is 8.98. The molecule has 1 amide bonds. The van der Waals surface area contributed by atoms with Crippen LogP contribution in [0.5, 0.6) is 5.75 Å². The number of piperazine rings is 1. The number of sulfonamides is 1. The summed E-state index contributed by atoms with van der Waals surface area (Å²) in [4.78, 5) is 18.3. The van der Waals surface area contributed by atoms with Gasteiger partial charge in [-0.05, 0) is 37.3 Å². The number of para-hydroxylation sites is 1. The maximum Gasteiger partial charge on any atom is 0.256 e. The molecule has 152 valence electrons. The zero-order valence-corrected chi connectivity index (χ0v) is 17.2. The van der Waals surface area contributed by atoms with E-state index in [-0.39, 0.29) is 23.9 Å².